The lowest BCUT2D eigenvalue weighted by Gasteiger charge is -2.15. The molecule has 2 aromatic carbocycles. The molecule has 23 heavy (non-hydrogen) atoms. The van der Waals surface area contributed by atoms with Gasteiger partial charge in [0.1, 0.15) is 11.5 Å². The zero-order valence-corrected chi connectivity index (χ0v) is 14.9. The summed E-state index contributed by atoms with van der Waals surface area (Å²) in [5.74, 6) is 0.720. The normalized spacial score (nSPS) is 11.2. The quantitative estimate of drug-likeness (QED) is 0.886. The van der Waals surface area contributed by atoms with Crippen molar-refractivity contribution in [2.24, 2.45) is 0 Å². The van der Waals surface area contributed by atoms with Crippen LogP contribution in [0.25, 0.3) is 0 Å². The second kappa shape index (κ2) is 6.68. The van der Waals surface area contributed by atoms with Crippen molar-refractivity contribution < 1.29 is 17.9 Å². The van der Waals surface area contributed by atoms with Crippen LogP contribution < -0.4 is 14.2 Å². The van der Waals surface area contributed by atoms with E-state index in [4.69, 9.17) is 21.1 Å². The number of hydrogen-bond acceptors (Lipinski definition) is 4. The van der Waals surface area contributed by atoms with Crippen LogP contribution in [0.15, 0.2) is 35.2 Å². The minimum Gasteiger partial charge on any atom is -0.495 e. The Labute approximate surface area is 141 Å². The molecule has 0 aliphatic carbocycles. The number of benzene rings is 2. The summed E-state index contributed by atoms with van der Waals surface area (Å²) in [5.41, 5.74) is 1.90. The number of nitrogens with one attached hydrogen (secondary N) is 1. The summed E-state index contributed by atoms with van der Waals surface area (Å²) in [6.07, 6.45) is 0. The molecule has 0 spiro atoms. The van der Waals surface area contributed by atoms with Gasteiger partial charge in [-0.25, -0.2) is 8.42 Å². The van der Waals surface area contributed by atoms with E-state index in [9.17, 15) is 8.42 Å². The maximum atomic E-state index is 12.6. The number of aryl methyl sites for hydroxylation is 2. The Morgan fingerprint density at radius 2 is 1.65 bits per heavy atom. The summed E-state index contributed by atoms with van der Waals surface area (Å²) in [6, 6.07) is 8.12. The summed E-state index contributed by atoms with van der Waals surface area (Å²) in [7, 11) is -0.845. The predicted octanol–water partition coefficient (Wildman–Crippen LogP) is 3.77. The minimum atomic E-state index is -3.76. The second-order valence-electron chi connectivity index (χ2n) is 5.06. The summed E-state index contributed by atoms with van der Waals surface area (Å²) >= 11 is 6.07. The molecule has 0 aliphatic heterocycles. The van der Waals surface area contributed by atoms with Crippen molar-refractivity contribution in [1.82, 2.24) is 0 Å². The molecule has 0 bridgehead atoms. The lowest BCUT2D eigenvalue weighted by atomic mass is 10.2. The van der Waals surface area contributed by atoms with Gasteiger partial charge in [-0.2, -0.15) is 0 Å². The zero-order chi connectivity index (χ0) is 17.2. The molecule has 5 nitrogen and oxygen atoms in total. The topological polar surface area (TPSA) is 64.6 Å². The number of anilines is 1. The highest BCUT2D eigenvalue weighted by molar-refractivity contribution is 7.92. The van der Waals surface area contributed by atoms with Crippen LogP contribution in [-0.4, -0.2) is 22.6 Å². The molecule has 0 saturated heterocycles. The zero-order valence-electron chi connectivity index (χ0n) is 13.3. The number of hydrogen-bond donors (Lipinski definition) is 1. The van der Waals surface area contributed by atoms with Crippen LogP contribution in [0, 0.1) is 13.8 Å². The molecule has 0 amide bonds. The van der Waals surface area contributed by atoms with Gasteiger partial charge in [-0.15, -0.1) is 0 Å². The fourth-order valence-corrected chi connectivity index (χ4v) is 3.77. The third-order valence-corrected chi connectivity index (χ3v) is 5.16. The van der Waals surface area contributed by atoms with E-state index in [0.29, 0.717) is 17.1 Å². The molecular formula is C16H18ClNO4S. The number of halogens is 1. The van der Waals surface area contributed by atoms with E-state index < -0.39 is 10.0 Å². The lowest BCUT2D eigenvalue weighted by molar-refractivity contribution is 0.396. The van der Waals surface area contributed by atoms with Crippen molar-refractivity contribution in [3.05, 3.63) is 46.5 Å². The molecule has 0 radical (unpaired) electrons. The van der Waals surface area contributed by atoms with Gasteiger partial charge in [-0.3, -0.25) is 4.72 Å². The maximum Gasteiger partial charge on any atom is 0.262 e. The van der Waals surface area contributed by atoms with Crippen molar-refractivity contribution >= 4 is 27.3 Å². The third-order valence-electron chi connectivity index (χ3n) is 3.34. The predicted molar refractivity (Wildman–Crippen MR) is 91.3 cm³/mol. The average Bonchev–Trinajstić information content (AvgIpc) is 2.46. The van der Waals surface area contributed by atoms with E-state index in [0.717, 1.165) is 5.56 Å². The van der Waals surface area contributed by atoms with Gasteiger partial charge < -0.3 is 9.47 Å². The van der Waals surface area contributed by atoms with E-state index in [1.165, 1.54) is 26.4 Å². The molecule has 2 aromatic rings. The Morgan fingerprint density at radius 1 is 1.00 bits per heavy atom. The van der Waals surface area contributed by atoms with Gasteiger partial charge in [0.05, 0.1) is 29.8 Å². The fourth-order valence-electron chi connectivity index (χ4n) is 2.24. The smallest absolute Gasteiger partial charge is 0.262 e. The summed E-state index contributed by atoms with van der Waals surface area (Å²) < 4.78 is 38.1. The highest BCUT2D eigenvalue weighted by Crippen LogP contribution is 2.37. The maximum absolute atomic E-state index is 12.6. The van der Waals surface area contributed by atoms with E-state index >= 15 is 0 Å². The van der Waals surface area contributed by atoms with Gasteiger partial charge in [0.15, 0.2) is 0 Å². The molecule has 0 unspecified atom stereocenters. The first-order valence-electron chi connectivity index (χ1n) is 6.80. The standard InChI is InChI=1S/C16H18ClNO4S/c1-10-5-6-16(11(2)7-10)23(19,20)18-13-8-12(17)14(21-3)9-15(13)22-4/h5-9,18H,1-4H3. The molecule has 1 N–H and O–H groups in total. The van der Waals surface area contributed by atoms with Crippen LogP contribution in [0.5, 0.6) is 11.5 Å². The third kappa shape index (κ3) is 3.71. The van der Waals surface area contributed by atoms with Crippen molar-refractivity contribution in [1.29, 1.82) is 0 Å². The van der Waals surface area contributed by atoms with Crippen LogP contribution >= 0.6 is 11.6 Å². The Kier molecular flexibility index (Phi) is 5.06. The van der Waals surface area contributed by atoms with Crippen LogP contribution in [-0.2, 0) is 10.0 Å². The van der Waals surface area contributed by atoms with Gasteiger partial charge in [-0.1, -0.05) is 29.3 Å². The second-order valence-corrected chi connectivity index (χ2v) is 7.12. The fraction of sp³-hybridized carbons (Fsp3) is 0.250. The molecule has 0 saturated carbocycles. The number of methoxy groups -OCH3 is 2. The lowest BCUT2D eigenvalue weighted by Crippen LogP contribution is -2.15. The molecular weight excluding hydrogens is 338 g/mol. The Bertz CT molecular complexity index is 834. The van der Waals surface area contributed by atoms with Gasteiger partial charge in [0, 0.05) is 6.07 Å². The van der Waals surface area contributed by atoms with Crippen molar-refractivity contribution in [2.45, 2.75) is 18.7 Å². The SMILES string of the molecule is COc1cc(OC)c(NS(=O)(=O)c2ccc(C)cc2C)cc1Cl. The Hall–Kier alpha value is -1.92. The minimum absolute atomic E-state index is 0.206. The van der Waals surface area contributed by atoms with Crippen LogP contribution in [0.4, 0.5) is 5.69 Å². The van der Waals surface area contributed by atoms with Gasteiger partial charge in [0.25, 0.3) is 10.0 Å². The highest BCUT2D eigenvalue weighted by Gasteiger charge is 2.20. The van der Waals surface area contributed by atoms with Gasteiger partial charge in [-0.05, 0) is 31.5 Å². The number of rotatable bonds is 5. The van der Waals surface area contributed by atoms with E-state index in [-0.39, 0.29) is 15.6 Å². The summed E-state index contributed by atoms with van der Waals surface area (Å²) in [6.45, 7) is 3.66. The monoisotopic (exact) mass is 355 g/mol. The summed E-state index contributed by atoms with van der Waals surface area (Å²) in [4.78, 5) is 0.206. The molecule has 124 valence electrons. The van der Waals surface area contributed by atoms with E-state index in [1.807, 2.05) is 13.0 Å². The van der Waals surface area contributed by atoms with Crippen LogP contribution in [0.1, 0.15) is 11.1 Å². The first-order valence-corrected chi connectivity index (χ1v) is 8.66. The summed E-state index contributed by atoms with van der Waals surface area (Å²) in [5, 5.41) is 0.284. The van der Waals surface area contributed by atoms with Gasteiger partial charge >= 0.3 is 0 Å². The Balaban J connectivity index is 2.46. The van der Waals surface area contributed by atoms with Crippen molar-refractivity contribution in [2.75, 3.05) is 18.9 Å². The van der Waals surface area contributed by atoms with Crippen molar-refractivity contribution in [3.8, 4) is 11.5 Å². The molecule has 7 heteroatoms. The number of ether oxygens (including phenoxy) is 2. The molecule has 0 atom stereocenters. The van der Waals surface area contributed by atoms with E-state index in [2.05, 4.69) is 4.72 Å². The van der Waals surface area contributed by atoms with Crippen LogP contribution in [0.3, 0.4) is 0 Å². The molecule has 0 aromatic heterocycles. The van der Waals surface area contributed by atoms with Crippen LogP contribution in [0.2, 0.25) is 5.02 Å². The highest BCUT2D eigenvalue weighted by atomic mass is 35.5. The first kappa shape index (κ1) is 17.4. The Morgan fingerprint density at radius 3 is 2.22 bits per heavy atom. The molecule has 0 fully saturated rings. The van der Waals surface area contributed by atoms with E-state index in [1.54, 1.807) is 19.1 Å². The first-order chi connectivity index (χ1) is 10.8. The molecule has 0 aliphatic rings. The average molecular weight is 356 g/mol. The largest absolute Gasteiger partial charge is 0.495 e. The van der Waals surface area contributed by atoms with Crippen molar-refractivity contribution in [3.63, 3.8) is 0 Å². The van der Waals surface area contributed by atoms with Gasteiger partial charge in [0.2, 0.25) is 0 Å². The number of sulfonamides is 1. The molecule has 0 heterocycles. The molecule has 2 rings (SSSR count).